The Balaban J connectivity index is 1.49. The predicted molar refractivity (Wildman–Crippen MR) is 114 cm³/mol. The Labute approximate surface area is 187 Å². The number of ether oxygens (including phenoxy) is 1. The van der Waals surface area contributed by atoms with Crippen LogP contribution in [0.1, 0.15) is 48.0 Å². The third-order valence-corrected chi connectivity index (χ3v) is 5.80. The lowest BCUT2D eigenvalue weighted by molar-refractivity contribution is -0.220. The Morgan fingerprint density at radius 2 is 1.79 bits per heavy atom. The normalized spacial score (nSPS) is 16.0. The van der Waals surface area contributed by atoms with Crippen LogP contribution in [0.5, 0.6) is 0 Å². The van der Waals surface area contributed by atoms with Gasteiger partial charge in [-0.2, -0.15) is 18.3 Å². The molecular weight excluding hydrogens is 437 g/mol. The van der Waals surface area contributed by atoms with Crippen LogP contribution in [0.3, 0.4) is 0 Å². The number of nitrogens with one attached hydrogen (secondary N) is 1. The third kappa shape index (κ3) is 5.00. The van der Waals surface area contributed by atoms with Crippen molar-refractivity contribution in [1.29, 1.82) is 0 Å². The molecule has 1 aromatic heterocycles. The number of amides is 1. The van der Waals surface area contributed by atoms with Gasteiger partial charge in [0.05, 0.1) is 11.3 Å². The molecule has 2 aromatic carbocycles. The van der Waals surface area contributed by atoms with Crippen LogP contribution in [0.15, 0.2) is 48.7 Å². The second-order valence-corrected chi connectivity index (χ2v) is 8.14. The average Bonchev–Trinajstić information content (AvgIpc) is 3.22. The Morgan fingerprint density at radius 3 is 2.42 bits per heavy atom. The van der Waals surface area contributed by atoms with Crippen LogP contribution in [0.25, 0.3) is 16.6 Å². The lowest BCUT2D eigenvalue weighted by atomic mass is 9.91. The highest BCUT2D eigenvalue weighted by atomic mass is 19.4. The van der Waals surface area contributed by atoms with Crippen molar-refractivity contribution < 1.29 is 27.5 Å². The molecule has 0 bridgehead atoms. The smallest absolute Gasteiger partial charge is 0.437 e. The number of hydrogen-bond donors (Lipinski definition) is 2. The number of halogens is 3. The minimum absolute atomic E-state index is 0.234. The fraction of sp³-hybridized carbons (Fsp3) is 0.348. The maximum absolute atomic E-state index is 12.8. The summed E-state index contributed by atoms with van der Waals surface area (Å²) in [5.41, 5.74) is 6.47. The van der Waals surface area contributed by atoms with Crippen molar-refractivity contribution in [3.63, 3.8) is 0 Å². The van der Waals surface area contributed by atoms with E-state index in [1.165, 1.54) is 0 Å². The number of aromatic nitrogens is 2. The maximum atomic E-state index is 12.8. The maximum Gasteiger partial charge on any atom is 0.490 e. The molecule has 1 fully saturated rings. The fourth-order valence-electron chi connectivity index (χ4n) is 4.08. The highest BCUT2D eigenvalue weighted by Gasteiger charge is 2.46. The van der Waals surface area contributed by atoms with Crippen molar-refractivity contribution in [3.8, 4) is 5.69 Å². The molecule has 3 N–H and O–H groups in total. The first-order valence-electron chi connectivity index (χ1n) is 10.6. The molecular formula is C23H23F3N4O3. The number of primary amides is 1. The molecule has 0 saturated heterocycles. The van der Waals surface area contributed by atoms with E-state index in [1.807, 2.05) is 30.3 Å². The third-order valence-electron chi connectivity index (χ3n) is 5.80. The van der Waals surface area contributed by atoms with Crippen molar-refractivity contribution in [2.24, 2.45) is 5.73 Å². The van der Waals surface area contributed by atoms with E-state index in [2.05, 4.69) is 10.4 Å². The SMILES string of the molecule is NC(=O)c1cccc2cn(-c3ccc(CNC4(OC(=O)C(F)(F)F)CCCCC4)cc3)nc12. The van der Waals surface area contributed by atoms with Crippen molar-refractivity contribution in [2.45, 2.75) is 50.6 Å². The van der Waals surface area contributed by atoms with Crippen LogP contribution >= 0.6 is 0 Å². The zero-order valence-electron chi connectivity index (χ0n) is 17.7. The molecule has 1 saturated carbocycles. The highest BCUT2D eigenvalue weighted by Crippen LogP contribution is 2.32. The van der Waals surface area contributed by atoms with E-state index >= 15 is 0 Å². The van der Waals surface area contributed by atoms with Gasteiger partial charge in [0.15, 0.2) is 5.72 Å². The average molecular weight is 460 g/mol. The summed E-state index contributed by atoms with van der Waals surface area (Å²) in [7, 11) is 0. The van der Waals surface area contributed by atoms with Crippen LogP contribution in [0, 0.1) is 0 Å². The number of carbonyl (C=O) groups excluding carboxylic acids is 2. The van der Waals surface area contributed by atoms with Crippen LogP contribution in [0.4, 0.5) is 13.2 Å². The second-order valence-electron chi connectivity index (χ2n) is 8.14. The quantitative estimate of drug-likeness (QED) is 0.428. The number of esters is 1. The lowest BCUT2D eigenvalue weighted by Gasteiger charge is -2.37. The zero-order chi connectivity index (χ0) is 23.6. The fourth-order valence-corrected chi connectivity index (χ4v) is 4.08. The minimum Gasteiger partial charge on any atom is -0.437 e. The van der Waals surface area contributed by atoms with Gasteiger partial charge >= 0.3 is 12.1 Å². The van der Waals surface area contributed by atoms with E-state index in [0.29, 0.717) is 36.8 Å². The van der Waals surface area contributed by atoms with Gasteiger partial charge < -0.3 is 10.5 Å². The molecule has 10 heteroatoms. The molecule has 1 amide bonds. The Bertz CT molecular complexity index is 1170. The van der Waals surface area contributed by atoms with Crippen LogP contribution in [-0.2, 0) is 16.1 Å². The molecule has 0 unspecified atom stereocenters. The summed E-state index contributed by atoms with van der Waals surface area (Å²) in [4.78, 5) is 23.1. The van der Waals surface area contributed by atoms with Gasteiger partial charge in [-0.1, -0.05) is 30.7 Å². The summed E-state index contributed by atoms with van der Waals surface area (Å²) < 4.78 is 44.8. The number of carbonyl (C=O) groups is 2. The minimum atomic E-state index is -5.03. The highest BCUT2D eigenvalue weighted by molar-refractivity contribution is 6.04. The van der Waals surface area contributed by atoms with Gasteiger partial charge in [-0.25, -0.2) is 9.48 Å². The van der Waals surface area contributed by atoms with Gasteiger partial charge in [0.1, 0.15) is 5.52 Å². The molecule has 0 radical (unpaired) electrons. The van der Waals surface area contributed by atoms with Gasteiger partial charge in [0, 0.05) is 31.0 Å². The number of hydrogen-bond acceptors (Lipinski definition) is 5. The van der Waals surface area contributed by atoms with Gasteiger partial charge in [-0.05, 0) is 36.6 Å². The van der Waals surface area contributed by atoms with E-state index in [-0.39, 0.29) is 6.54 Å². The number of nitrogens with two attached hydrogens (primary N) is 1. The molecule has 174 valence electrons. The van der Waals surface area contributed by atoms with E-state index < -0.39 is 23.8 Å². The standard InChI is InChI=1S/C23H23F3N4O3/c24-23(25,26)21(32)33-22(11-2-1-3-12-22)28-13-15-7-9-17(10-8-15)30-14-16-5-4-6-18(20(27)31)19(16)29-30/h4-10,14,28H,1-3,11-13H2,(H2,27,31). The number of benzene rings is 2. The largest absolute Gasteiger partial charge is 0.490 e. The summed E-state index contributed by atoms with van der Waals surface area (Å²) >= 11 is 0. The van der Waals surface area contributed by atoms with Crippen molar-refractivity contribution in [3.05, 3.63) is 59.8 Å². The molecule has 0 atom stereocenters. The van der Waals surface area contributed by atoms with Gasteiger partial charge in [0.25, 0.3) is 5.91 Å². The van der Waals surface area contributed by atoms with Crippen LogP contribution in [0.2, 0.25) is 0 Å². The first-order valence-corrected chi connectivity index (χ1v) is 10.6. The Morgan fingerprint density at radius 1 is 1.09 bits per heavy atom. The molecule has 7 nitrogen and oxygen atoms in total. The van der Waals surface area contributed by atoms with E-state index in [9.17, 15) is 22.8 Å². The van der Waals surface area contributed by atoms with E-state index in [1.54, 1.807) is 23.0 Å². The predicted octanol–water partition coefficient (Wildman–Crippen LogP) is 3.98. The number of nitrogens with zero attached hydrogens (tertiary/aromatic N) is 2. The van der Waals surface area contributed by atoms with Crippen LogP contribution < -0.4 is 11.1 Å². The van der Waals surface area contributed by atoms with Gasteiger partial charge in [-0.15, -0.1) is 0 Å². The molecule has 1 aliphatic carbocycles. The summed E-state index contributed by atoms with van der Waals surface area (Å²) in [6, 6.07) is 12.4. The summed E-state index contributed by atoms with van der Waals surface area (Å²) in [6.45, 7) is 0.234. The topological polar surface area (TPSA) is 99.2 Å². The number of fused-ring (bicyclic) bond motifs is 1. The molecule has 1 heterocycles. The van der Waals surface area contributed by atoms with Crippen molar-refractivity contribution in [1.82, 2.24) is 15.1 Å². The number of rotatable bonds is 6. The molecule has 1 aliphatic rings. The van der Waals surface area contributed by atoms with Crippen LogP contribution in [-0.4, -0.2) is 33.6 Å². The number of alkyl halides is 3. The summed E-state index contributed by atoms with van der Waals surface area (Å²) in [5.74, 6) is -2.73. The second kappa shape index (κ2) is 8.86. The molecule has 4 rings (SSSR count). The molecule has 0 aliphatic heterocycles. The summed E-state index contributed by atoms with van der Waals surface area (Å²) in [6.07, 6.45) is -0.353. The van der Waals surface area contributed by atoms with E-state index in [4.69, 9.17) is 10.5 Å². The Kier molecular flexibility index (Phi) is 6.11. The molecule has 0 spiro atoms. The first kappa shape index (κ1) is 22.8. The van der Waals surface area contributed by atoms with Crippen molar-refractivity contribution >= 4 is 22.8 Å². The lowest BCUT2D eigenvalue weighted by Crippen LogP contribution is -2.51. The molecule has 33 heavy (non-hydrogen) atoms. The Hall–Kier alpha value is -3.40. The van der Waals surface area contributed by atoms with E-state index in [0.717, 1.165) is 23.1 Å². The van der Waals surface area contributed by atoms with Crippen molar-refractivity contribution in [2.75, 3.05) is 0 Å². The first-order chi connectivity index (χ1) is 15.7. The van der Waals surface area contributed by atoms with Gasteiger partial charge in [-0.3, -0.25) is 10.1 Å². The molecule has 3 aromatic rings. The summed E-state index contributed by atoms with van der Waals surface area (Å²) in [5, 5.41) is 8.26. The monoisotopic (exact) mass is 460 g/mol. The zero-order valence-corrected chi connectivity index (χ0v) is 17.7. The van der Waals surface area contributed by atoms with Gasteiger partial charge in [0.2, 0.25) is 0 Å².